The average Bonchev–Trinajstić information content (AvgIpc) is 3.13. The lowest BCUT2D eigenvalue weighted by Gasteiger charge is -2.06. The molecule has 0 amide bonds. The highest BCUT2D eigenvalue weighted by Crippen LogP contribution is 2.34. The summed E-state index contributed by atoms with van der Waals surface area (Å²) in [5.74, 6) is 2.81. The first-order valence-electron chi connectivity index (χ1n) is 6.47. The lowest BCUT2D eigenvalue weighted by Crippen LogP contribution is -1.97. The molecule has 1 atom stereocenters. The number of thioether (sulfide) groups is 1. The molecule has 3 heterocycles. The van der Waals surface area contributed by atoms with Crippen molar-refractivity contribution in [1.29, 1.82) is 0 Å². The molecule has 0 radical (unpaired) electrons. The van der Waals surface area contributed by atoms with Crippen molar-refractivity contribution in [1.82, 2.24) is 24.9 Å². The Hall–Kier alpha value is -2.09. The molecular formula is C13H15N5O2S. The second-order valence-electron chi connectivity index (χ2n) is 4.70. The van der Waals surface area contributed by atoms with Crippen molar-refractivity contribution in [3.05, 3.63) is 29.8 Å². The van der Waals surface area contributed by atoms with Crippen molar-refractivity contribution < 1.29 is 8.94 Å². The van der Waals surface area contributed by atoms with Gasteiger partial charge in [-0.1, -0.05) is 16.9 Å². The Morgan fingerprint density at radius 2 is 2.10 bits per heavy atom. The number of furan rings is 1. The Labute approximate surface area is 125 Å². The van der Waals surface area contributed by atoms with Crippen LogP contribution in [0.5, 0.6) is 0 Å². The molecule has 0 aromatic carbocycles. The summed E-state index contributed by atoms with van der Waals surface area (Å²) in [4.78, 5) is 4.24. The van der Waals surface area contributed by atoms with E-state index in [-0.39, 0.29) is 5.25 Å². The third-order valence-corrected chi connectivity index (χ3v) is 4.23. The quantitative estimate of drug-likeness (QED) is 0.685. The molecule has 0 aliphatic heterocycles. The summed E-state index contributed by atoms with van der Waals surface area (Å²) < 4.78 is 12.4. The van der Waals surface area contributed by atoms with Crippen molar-refractivity contribution in [2.75, 3.05) is 0 Å². The Bertz CT molecular complexity index is 760. The van der Waals surface area contributed by atoms with Gasteiger partial charge >= 0.3 is 0 Å². The van der Waals surface area contributed by atoms with Crippen LogP contribution in [0.4, 0.5) is 0 Å². The number of hydrogen-bond acceptors (Lipinski definition) is 7. The van der Waals surface area contributed by atoms with Crippen LogP contribution in [0.15, 0.2) is 26.4 Å². The highest BCUT2D eigenvalue weighted by Gasteiger charge is 2.20. The number of aryl methyl sites for hydroxylation is 2. The molecule has 3 rings (SSSR count). The fourth-order valence-corrected chi connectivity index (χ4v) is 2.80. The molecule has 0 bridgehead atoms. The van der Waals surface area contributed by atoms with Crippen LogP contribution in [0, 0.1) is 13.8 Å². The summed E-state index contributed by atoms with van der Waals surface area (Å²) in [5.41, 5.74) is 0.943. The first-order chi connectivity index (χ1) is 10.1. The maximum absolute atomic E-state index is 5.32. The van der Waals surface area contributed by atoms with Gasteiger partial charge in [0.05, 0.1) is 17.1 Å². The van der Waals surface area contributed by atoms with Gasteiger partial charge in [0.25, 0.3) is 0 Å². The van der Waals surface area contributed by atoms with E-state index in [0.29, 0.717) is 11.7 Å². The van der Waals surface area contributed by atoms with E-state index in [2.05, 4.69) is 20.3 Å². The van der Waals surface area contributed by atoms with Crippen LogP contribution in [0.2, 0.25) is 0 Å². The van der Waals surface area contributed by atoms with Crippen molar-refractivity contribution >= 4 is 11.8 Å². The molecule has 0 saturated heterocycles. The van der Waals surface area contributed by atoms with Gasteiger partial charge in [-0.15, -0.1) is 10.2 Å². The van der Waals surface area contributed by atoms with Gasteiger partial charge < -0.3 is 13.5 Å². The molecule has 7 nitrogen and oxygen atoms in total. The van der Waals surface area contributed by atoms with Gasteiger partial charge in [0, 0.05) is 7.05 Å². The van der Waals surface area contributed by atoms with E-state index in [4.69, 9.17) is 8.94 Å². The third kappa shape index (κ3) is 2.58. The van der Waals surface area contributed by atoms with Gasteiger partial charge in [-0.25, -0.2) is 0 Å². The molecule has 110 valence electrons. The molecule has 0 aliphatic rings. The first kappa shape index (κ1) is 13.9. The monoisotopic (exact) mass is 305 g/mol. The summed E-state index contributed by atoms with van der Waals surface area (Å²) in [6, 6.07) is 1.89. The zero-order valence-electron chi connectivity index (χ0n) is 12.2. The fraction of sp³-hybridized carbons (Fsp3) is 0.385. The zero-order valence-corrected chi connectivity index (χ0v) is 13.0. The van der Waals surface area contributed by atoms with Gasteiger partial charge in [0.1, 0.15) is 5.76 Å². The normalized spacial score (nSPS) is 12.8. The van der Waals surface area contributed by atoms with Crippen LogP contribution in [0.25, 0.3) is 11.4 Å². The van der Waals surface area contributed by atoms with Crippen molar-refractivity contribution in [2.24, 2.45) is 7.05 Å². The van der Waals surface area contributed by atoms with Crippen LogP contribution in [0.1, 0.15) is 29.6 Å². The summed E-state index contributed by atoms with van der Waals surface area (Å²) >= 11 is 1.52. The van der Waals surface area contributed by atoms with E-state index in [1.54, 1.807) is 13.2 Å². The molecule has 0 aliphatic carbocycles. The summed E-state index contributed by atoms with van der Waals surface area (Å²) in [7, 11) is 1.93. The summed E-state index contributed by atoms with van der Waals surface area (Å²) in [6.45, 7) is 5.70. The van der Waals surface area contributed by atoms with Crippen molar-refractivity contribution in [2.45, 2.75) is 31.2 Å². The molecule has 3 aromatic heterocycles. The lowest BCUT2D eigenvalue weighted by atomic mass is 10.2. The van der Waals surface area contributed by atoms with Crippen LogP contribution < -0.4 is 0 Å². The van der Waals surface area contributed by atoms with E-state index in [1.165, 1.54) is 11.8 Å². The second kappa shape index (κ2) is 5.36. The fourth-order valence-electron chi connectivity index (χ4n) is 1.96. The number of aromatic nitrogens is 5. The third-order valence-electron chi connectivity index (χ3n) is 3.11. The van der Waals surface area contributed by atoms with E-state index < -0.39 is 0 Å². The Morgan fingerprint density at radius 1 is 1.29 bits per heavy atom. The maximum atomic E-state index is 5.32. The Morgan fingerprint density at radius 3 is 2.71 bits per heavy atom. The maximum Gasteiger partial charge on any atom is 0.239 e. The van der Waals surface area contributed by atoms with Gasteiger partial charge in [-0.2, -0.15) is 4.98 Å². The topological polar surface area (TPSA) is 82.8 Å². The minimum atomic E-state index is 0.00685. The van der Waals surface area contributed by atoms with Crippen LogP contribution >= 0.6 is 11.8 Å². The molecule has 21 heavy (non-hydrogen) atoms. The van der Waals surface area contributed by atoms with Crippen molar-refractivity contribution in [3.63, 3.8) is 0 Å². The predicted molar refractivity (Wildman–Crippen MR) is 76.7 cm³/mol. The van der Waals surface area contributed by atoms with Crippen LogP contribution in [-0.2, 0) is 7.05 Å². The SMILES string of the molecule is Cc1noc(C(C)Sc2nnc(-c3ccoc3C)n2C)n1. The van der Waals surface area contributed by atoms with Crippen LogP contribution in [-0.4, -0.2) is 24.9 Å². The number of hydrogen-bond donors (Lipinski definition) is 0. The Balaban J connectivity index is 1.84. The Kier molecular flexibility index (Phi) is 3.54. The molecule has 0 saturated carbocycles. The zero-order chi connectivity index (χ0) is 15.0. The van der Waals surface area contributed by atoms with E-state index in [0.717, 1.165) is 22.3 Å². The average molecular weight is 305 g/mol. The molecular weight excluding hydrogens is 290 g/mol. The van der Waals surface area contributed by atoms with Gasteiger partial charge in [-0.05, 0) is 26.8 Å². The standard InChI is InChI=1S/C13H15N5O2S/c1-7-10(5-6-19-7)11-15-16-13(18(11)4)21-8(2)12-14-9(3)17-20-12/h5-6,8H,1-4H3. The molecule has 8 heteroatoms. The second-order valence-corrected chi connectivity index (χ2v) is 6.00. The highest BCUT2D eigenvalue weighted by molar-refractivity contribution is 7.99. The summed E-state index contributed by atoms with van der Waals surface area (Å²) in [6.07, 6.45) is 1.65. The molecule has 1 unspecified atom stereocenters. The minimum Gasteiger partial charge on any atom is -0.469 e. The summed E-state index contributed by atoms with van der Waals surface area (Å²) in [5, 5.41) is 13.1. The first-order valence-corrected chi connectivity index (χ1v) is 7.35. The molecule has 3 aromatic rings. The van der Waals surface area contributed by atoms with Gasteiger partial charge in [0.2, 0.25) is 5.89 Å². The highest BCUT2D eigenvalue weighted by atomic mass is 32.2. The van der Waals surface area contributed by atoms with E-state index in [1.807, 2.05) is 31.5 Å². The number of rotatable bonds is 4. The smallest absolute Gasteiger partial charge is 0.239 e. The largest absolute Gasteiger partial charge is 0.469 e. The lowest BCUT2D eigenvalue weighted by molar-refractivity contribution is 0.376. The number of nitrogens with zero attached hydrogens (tertiary/aromatic N) is 5. The van der Waals surface area contributed by atoms with Gasteiger partial charge in [0.15, 0.2) is 16.8 Å². The van der Waals surface area contributed by atoms with E-state index in [9.17, 15) is 0 Å². The predicted octanol–water partition coefficient (Wildman–Crippen LogP) is 2.93. The van der Waals surface area contributed by atoms with Gasteiger partial charge in [-0.3, -0.25) is 0 Å². The van der Waals surface area contributed by atoms with E-state index >= 15 is 0 Å². The van der Waals surface area contributed by atoms with Crippen LogP contribution in [0.3, 0.4) is 0 Å². The molecule has 0 spiro atoms. The minimum absolute atomic E-state index is 0.00685. The van der Waals surface area contributed by atoms with Crippen molar-refractivity contribution in [3.8, 4) is 11.4 Å². The molecule has 0 N–H and O–H groups in total. The molecule has 0 fully saturated rings.